The van der Waals surface area contributed by atoms with Crippen LogP contribution in [0.15, 0.2) is 23.4 Å². The van der Waals surface area contributed by atoms with Gasteiger partial charge in [0.1, 0.15) is 0 Å². The molecule has 0 aromatic carbocycles. The molecule has 0 radical (unpaired) electrons. The summed E-state index contributed by atoms with van der Waals surface area (Å²) in [6.45, 7) is 4.18. The normalized spacial score (nSPS) is 31.8. The molecule has 2 unspecified atom stereocenters. The second kappa shape index (κ2) is 3.54. The Kier molecular flexibility index (Phi) is 2.40. The average Bonchev–Trinajstić information content (AvgIpc) is 2.49. The van der Waals surface area contributed by atoms with Crippen LogP contribution in [-0.4, -0.2) is 13.1 Å². The van der Waals surface area contributed by atoms with Crippen LogP contribution in [0.4, 0.5) is 0 Å². The Bertz CT molecular complexity index is 253. The first kappa shape index (κ1) is 8.82. The highest BCUT2D eigenvalue weighted by atomic mass is 14.9. The van der Waals surface area contributed by atoms with E-state index in [4.69, 9.17) is 5.73 Å². The lowest BCUT2D eigenvalue weighted by Crippen LogP contribution is -2.15. The smallest absolute Gasteiger partial charge is 0.0332 e. The van der Waals surface area contributed by atoms with E-state index >= 15 is 0 Å². The minimum atomic E-state index is 0.701. The third-order valence-electron chi connectivity index (χ3n) is 3.03. The monoisotopic (exact) mass is 178 g/mol. The van der Waals surface area contributed by atoms with Gasteiger partial charge in [-0.3, -0.25) is 0 Å². The lowest BCUT2D eigenvalue weighted by Gasteiger charge is -2.18. The van der Waals surface area contributed by atoms with Gasteiger partial charge in [-0.05, 0) is 37.0 Å². The lowest BCUT2D eigenvalue weighted by molar-refractivity contribution is 0.546. The molecule has 3 N–H and O–H groups in total. The number of allylic oxidation sites excluding steroid dienone is 2. The predicted octanol–water partition coefficient (Wildman–Crippen LogP) is 1.40. The molecule has 2 rings (SSSR count). The second-order valence-electron chi connectivity index (χ2n) is 4.13. The molecule has 0 saturated carbocycles. The predicted molar refractivity (Wildman–Crippen MR) is 55.1 cm³/mol. The Balaban J connectivity index is 2.12. The van der Waals surface area contributed by atoms with Crippen molar-refractivity contribution in [1.29, 1.82) is 0 Å². The average molecular weight is 178 g/mol. The van der Waals surface area contributed by atoms with E-state index in [1.807, 2.05) is 0 Å². The van der Waals surface area contributed by atoms with E-state index in [0.29, 0.717) is 11.8 Å². The van der Waals surface area contributed by atoms with Crippen LogP contribution in [0.1, 0.15) is 19.8 Å². The van der Waals surface area contributed by atoms with Gasteiger partial charge in [0.2, 0.25) is 0 Å². The third kappa shape index (κ3) is 1.63. The van der Waals surface area contributed by atoms with Crippen LogP contribution in [0.2, 0.25) is 0 Å². The van der Waals surface area contributed by atoms with E-state index < -0.39 is 0 Å². The first-order valence-electron chi connectivity index (χ1n) is 5.16. The maximum Gasteiger partial charge on any atom is 0.0332 e. The van der Waals surface area contributed by atoms with Gasteiger partial charge in [0.05, 0.1) is 0 Å². The zero-order valence-electron chi connectivity index (χ0n) is 8.22. The summed E-state index contributed by atoms with van der Waals surface area (Å²) in [5, 5.41) is 3.45. The number of hydrogen-bond donors (Lipinski definition) is 2. The third-order valence-corrected chi connectivity index (χ3v) is 3.03. The molecule has 1 heterocycles. The molecule has 1 aliphatic carbocycles. The number of nitrogens with one attached hydrogen (secondary N) is 1. The topological polar surface area (TPSA) is 38.0 Å². The van der Waals surface area contributed by atoms with Crippen molar-refractivity contribution in [3.8, 4) is 0 Å². The zero-order chi connectivity index (χ0) is 9.26. The van der Waals surface area contributed by atoms with Crippen LogP contribution in [0.5, 0.6) is 0 Å². The maximum absolute atomic E-state index is 5.60. The molecule has 0 amide bonds. The lowest BCUT2D eigenvalue weighted by atomic mass is 9.86. The molecule has 0 bridgehead atoms. The van der Waals surface area contributed by atoms with Gasteiger partial charge in [0.15, 0.2) is 0 Å². The summed E-state index contributed by atoms with van der Waals surface area (Å²) in [4.78, 5) is 0. The van der Waals surface area contributed by atoms with Gasteiger partial charge >= 0.3 is 0 Å². The fourth-order valence-corrected chi connectivity index (χ4v) is 2.29. The number of nitrogens with two attached hydrogens (primary N) is 1. The molecule has 0 spiro atoms. The van der Waals surface area contributed by atoms with E-state index in [0.717, 1.165) is 19.5 Å². The molecule has 0 fully saturated rings. The Labute approximate surface area is 79.9 Å². The van der Waals surface area contributed by atoms with Crippen LogP contribution in [-0.2, 0) is 0 Å². The van der Waals surface area contributed by atoms with Crippen molar-refractivity contribution < 1.29 is 0 Å². The Morgan fingerprint density at radius 2 is 2.46 bits per heavy atom. The molecule has 2 heteroatoms. The molecular formula is C11H18N2. The van der Waals surface area contributed by atoms with Crippen molar-refractivity contribution in [2.75, 3.05) is 13.1 Å². The van der Waals surface area contributed by atoms with E-state index in [1.165, 1.54) is 12.1 Å². The molecular weight excluding hydrogens is 160 g/mol. The largest absolute Gasteiger partial charge is 0.384 e. The number of rotatable bonds is 2. The molecule has 2 nitrogen and oxygen atoms in total. The van der Waals surface area contributed by atoms with Crippen molar-refractivity contribution in [2.45, 2.75) is 19.8 Å². The summed E-state index contributed by atoms with van der Waals surface area (Å²) < 4.78 is 0. The highest BCUT2D eigenvalue weighted by molar-refractivity contribution is 5.34. The molecule has 1 aliphatic heterocycles. The Morgan fingerprint density at radius 3 is 3.23 bits per heavy atom. The summed E-state index contributed by atoms with van der Waals surface area (Å²) >= 11 is 0. The van der Waals surface area contributed by atoms with Gasteiger partial charge in [0, 0.05) is 18.2 Å². The Morgan fingerprint density at radius 1 is 1.62 bits per heavy atom. The van der Waals surface area contributed by atoms with Crippen LogP contribution in [0.3, 0.4) is 0 Å². The van der Waals surface area contributed by atoms with Crippen LogP contribution >= 0.6 is 0 Å². The zero-order valence-corrected chi connectivity index (χ0v) is 8.22. The van der Waals surface area contributed by atoms with Gasteiger partial charge in [-0.1, -0.05) is 13.0 Å². The molecule has 2 aliphatic rings. The van der Waals surface area contributed by atoms with Gasteiger partial charge in [-0.15, -0.1) is 0 Å². The summed E-state index contributed by atoms with van der Waals surface area (Å²) in [7, 11) is 0. The van der Waals surface area contributed by atoms with Gasteiger partial charge in [-0.2, -0.15) is 0 Å². The highest BCUT2D eigenvalue weighted by Gasteiger charge is 2.26. The van der Waals surface area contributed by atoms with Gasteiger partial charge in [-0.25, -0.2) is 0 Å². The van der Waals surface area contributed by atoms with Crippen molar-refractivity contribution in [2.24, 2.45) is 17.6 Å². The van der Waals surface area contributed by atoms with Crippen LogP contribution < -0.4 is 11.1 Å². The van der Waals surface area contributed by atoms with E-state index in [1.54, 1.807) is 5.57 Å². The SMILES string of the molecule is CC1C=CC2=C(C1)C(CCN)CN2. The minimum absolute atomic E-state index is 0.701. The maximum atomic E-state index is 5.60. The van der Waals surface area contributed by atoms with Crippen molar-refractivity contribution in [3.05, 3.63) is 23.4 Å². The first-order valence-corrected chi connectivity index (χ1v) is 5.16. The standard InChI is InChI=1S/C11H18N2/c1-8-2-3-11-10(6-8)9(4-5-12)7-13-11/h2-3,8-9,13H,4-7,12H2,1H3. The van der Waals surface area contributed by atoms with E-state index in [2.05, 4.69) is 24.4 Å². The molecule has 13 heavy (non-hydrogen) atoms. The van der Waals surface area contributed by atoms with Crippen molar-refractivity contribution in [3.63, 3.8) is 0 Å². The fourth-order valence-electron chi connectivity index (χ4n) is 2.29. The minimum Gasteiger partial charge on any atom is -0.384 e. The van der Waals surface area contributed by atoms with Gasteiger partial charge in [0.25, 0.3) is 0 Å². The second-order valence-corrected chi connectivity index (χ2v) is 4.13. The summed E-state index contributed by atoms with van der Waals surface area (Å²) in [5.74, 6) is 1.41. The van der Waals surface area contributed by atoms with E-state index in [-0.39, 0.29) is 0 Å². The van der Waals surface area contributed by atoms with Crippen LogP contribution in [0.25, 0.3) is 0 Å². The highest BCUT2D eigenvalue weighted by Crippen LogP contribution is 2.33. The molecule has 0 aromatic heterocycles. The molecule has 0 saturated heterocycles. The molecule has 72 valence electrons. The Hall–Kier alpha value is -0.760. The summed E-state index contributed by atoms with van der Waals surface area (Å²) in [6.07, 6.45) is 6.88. The van der Waals surface area contributed by atoms with Gasteiger partial charge < -0.3 is 11.1 Å². The van der Waals surface area contributed by atoms with Crippen LogP contribution in [0, 0.1) is 11.8 Å². The van der Waals surface area contributed by atoms with E-state index in [9.17, 15) is 0 Å². The first-order chi connectivity index (χ1) is 6.31. The molecule has 0 aromatic rings. The summed E-state index contributed by atoms with van der Waals surface area (Å²) in [6, 6.07) is 0. The fraction of sp³-hybridized carbons (Fsp3) is 0.636. The quantitative estimate of drug-likeness (QED) is 0.671. The van der Waals surface area contributed by atoms with Crippen molar-refractivity contribution >= 4 is 0 Å². The number of hydrogen-bond acceptors (Lipinski definition) is 2. The van der Waals surface area contributed by atoms with Crippen molar-refractivity contribution in [1.82, 2.24) is 5.32 Å². The summed E-state index contributed by atoms with van der Waals surface area (Å²) in [5.41, 5.74) is 8.58. The molecule has 2 atom stereocenters.